The Balaban J connectivity index is 1.49. The molecule has 0 aliphatic heterocycles. The van der Waals surface area contributed by atoms with E-state index < -0.39 is 10.0 Å². The highest BCUT2D eigenvalue weighted by atomic mass is 32.2. The van der Waals surface area contributed by atoms with E-state index in [1.807, 2.05) is 72.2 Å². The minimum atomic E-state index is -3.80. The van der Waals surface area contributed by atoms with Crippen molar-refractivity contribution < 1.29 is 17.9 Å². The van der Waals surface area contributed by atoms with Gasteiger partial charge in [-0.05, 0) is 54.9 Å². The van der Waals surface area contributed by atoms with E-state index in [0.29, 0.717) is 46.1 Å². The van der Waals surface area contributed by atoms with E-state index in [-0.39, 0.29) is 5.88 Å². The van der Waals surface area contributed by atoms with Crippen molar-refractivity contribution in [3.63, 3.8) is 0 Å². The molecular formula is C32H36N4O4S2. The number of methoxy groups -OCH3 is 1. The summed E-state index contributed by atoms with van der Waals surface area (Å²) in [6.45, 7) is 7.24. The number of carbonyl (C=O) groups is 1. The van der Waals surface area contributed by atoms with Crippen molar-refractivity contribution in [3.05, 3.63) is 88.2 Å². The topological polar surface area (TPSA) is 102 Å². The molecule has 2 heterocycles. The molecule has 4 aromatic rings. The molecule has 2 aromatic carbocycles. The Morgan fingerprint density at radius 2 is 1.81 bits per heavy atom. The molecule has 220 valence electrons. The number of aromatic nitrogens is 2. The van der Waals surface area contributed by atoms with Crippen molar-refractivity contribution in [1.82, 2.24) is 19.6 Å². The maximum absolute atomic E-state index is 13.7. The van der Waals surface area contributed by atoms with Crippen LogP contribution < -0.4 is 14.8 Å². The van der Waals surface area contributed by atoms with Crippen molar-refractivity contribution in [3.8, 4) is 28.4 Å². The van der Waals surface area contributed by atoms with Gasteiger partial charge in [0, 0.05) is 29.1 Å². The monoisotopic (exact) mass is 604 g/mol. The highest BCUT2D eigenvalue weighted by Gasteiger charge is 2.28. The first-order valence-electron chi connectivity index (χ1n) is 14.1. The molecule has 1 aliphatic rings. The number of benzene rings is 2. The highest BCUT2D eigenvalue weighted by molar-refractivity contribution is 7.91. The van der Waals surface area contributed by atoms with Gasteiger partial charge >= 0.3 is 0 Å². The lowest BCUT2D eigenvalue weighted by Gasteiger charge is -2.14. The van der Waals surface area contributed by atoms with Crippen LogP contribution in [0.5, 0.6) is 5.88 Å². The molecule has 1 aliphatic carbocycles. The van der Waals surface area contributed by atoms with E-state index in [9.17, 15) is 13.2 Å². The Bertz CT molecular complexity index is 1700. The number of allylic oxidation sites excluding steroid dienone is 1. The number of hydrogen-bond acceptors (Lipinski definition) is 7. The number of rotatable bonds is 13. The van der Waals surface area contributed by atoms with Crippen LogP contribution in [0.1, 0.15) is 54.5 Å². The van der Waals surface area contributed by atoms with Crippen LogP contribution in [0.3, 0.4) is 0 Å². The Morgan fingerprint density at radius 1 is 1.10 bits per heavy atom. The second-order valence-electron chi connectivity index (χ2n) is 10.7. The Labute approximate surface area is 251 Å². The van der Waals surface area contributed by atoms with Gasteiger partial charge in [-0.25, -0.2) is 8.42 Å². The molecule has 0 bridgehead atoms. The summed E-state index contributed by atoms with van der Waals surface area (Å²) in [5.74, 6) is 1.91. The number of nitrogens with one attached hydrogen (secondary N) is 2. The quantitative estimate of drug-likeness (QED) is 0.175. The zero-order valence-electron chi connectivity index (χ0n) is 24.3. The third kappa shape index (κ3) is 6.44. The van der Waals surface area contributed by atoms with Gasteiger partial charge in [-0.2, -0.15) is 4.98 Å². The van der Waals surface area contributed by atoms with E-state index in [1.54, 1.807) is 0 Å². The molecule has 0 amide bonds. The standard InChI is InChI=1S/C32H36N4O4S2/c1-5-33-29(24-15-16-24)35-42(38,39)32-27(18-26(41-32)17-21(2)3)23-13-11-22(12-14-23)19-36-28(20-37)31(40-4)34-30(36)25-9-7-6-8-10-25/h6-14,18,20-21,33,35H,5,15-17,19H2,1-4H3. The smallest absolute Gasteiger partial charge is 0.273 e. The summed E-state index contributed by atoms with van der Waals surface area (Å²) in [7, 11) is -2.30. The Morgan fingerprint density at radius 3 is 2.40 bits per heavy atom. The van der Waals surface area contributed by atoms with Crippen molar-refractivity contribution in [2.24, 2.45) is 5.92 Å². The van der Waals surface area contributed by atoms with Crippen LogP contribution in [-0.4, -0.2) is 37.9 Å². The van der Waals surface area contributed by atoms with Crippen molar-refractivity contribution >= 4 is 27.6 Å². The van der Waals surface area contributed by atoms with Crippen molar-refractivity contribution in [2.75, 3.05) is 13.7 Å². The van der Waals surface area contributed by atoms with Crippen LogP contribution in [0.15, 0.2) is 76.3 Å². The van der Waals surface area contributed by atoms with Crippen LogP contribution in [0.4, 0.5) is 0 Å². The average Bonchev–Trinajstić information content (AvgIpc) is 3.65. The number of sulfonamides is 1. The van der Waals surface area contributed by atoms with Crippen molar-refractivity contribution in [1.29, 1.82) is 0 Å². The summed E-state index contributed by atoms with van der Waals surface area (Å²) in [5.41, 5.74) is 4.78. The molecule has 8 nitrogen and oxygen atoms in total. The molecule has 0 radical (unpaired) electrons. The van der Waals surface area contributed by atoms with E-state index >= 15 is 0 Å². The molecule has 0 atom stereocenters. The molecule has 2 aromatic heterocycles. The summed E-state index contributed by atoms with van der Waals surface area (Å²) < 4.78 is 37.8. The maximum atomic E-state index is 13.7. The minimum Gasteiger partial charge on any atom is -0.479 e. The first kappa shape index (κ1) is 29.6. The lowest BCUT2D eigenvalue weighted by Crippen LogP contribution is -2.31. The van der Waals surface area contributed by atoms with Crippen molar-refractivity contribution in [2.45, 2.75) is 50.8 Å². The first-order valence-corrected chi connectivity index (χ1v) is 16.4. The molecule has 0 spiro atoms. The van der Waals surface area contributed by atoms with Gasteiger partial charge in [0.15, 0.2) is 6.29 Å². The summed E-state index contributed by atoms with van der Waals surface area (Å²) in [6.07, 6.45) is 3.37. The van der Waals surface area contributed by atoms with Gasteiger partial charge in [0.05, 0.1) is 7.11 Å². The molecule has 42 heavy (non-hydrogen) atoms. The third-order valence-corrected chi connectivity index (χ3v) is 10.0. The molecule has 0 saturated heterocycles. The lowest BCUT2D eigenvalue weighted by atomic mass is 10.0. The minimum absolute atomic E-state index is 0.275. The predicted octanol–water partition coefficient (Wildman–Crippen LogP) is 6.24. The van der Waals surface area contributed by atoms with Gasteiger partial charge in [0.2, 0.25) is 5.88 Å². The fraction of sp³-hybridized carbons (Fsp3) is 0.312. The summed E-state index contributed by atoms with van der Waals surface area (Å²) >= 11 is 1.33. The van der Waals surface area contributed by atoms with Gasteiger partial charge in [-0.3, -0.25) is 9.52 Å². The second-order valence-corrected chi connectivity index (χ2v) is 13.7. The lowest BCUT2D eigenvalue weighted by molar-refractivity contribution is 0.111. The van der Waals surface area contributed by atoms with Crippen LogP contribution in [0.2, 0.25) is 0 Å². The van der Waals surface area contributed by atoms with E-state index in [2.05, 4.69) is 28.9 Å². The SMILES string of the molecule is CCNC(NS(=O)(=O)c1sc(CC(C)C)cc1-c1ccc(Cn2c(-c3ccccc3)nc(OC)c2C=O)cc1)=C1CC1. The largest absolute Gasteiger partial charge is 0.479 e. The maximum Gasteiger partial charge on any atom is 0.273 e. The number of thiophene rings is 1. The zero-order chi connectivity index (χ0) is 29.9. The second kappa shape index (κ2) is 12.5. The third-order valence-electron chi connectivity index (χ3n) is 6.96. The number of carbonyl (C=O) groups excluding carboxylic acids is 1. The molecular weight excluding hydrogens is 569 g/mol. The van der Waals surface area contributed by atoms with Crippen LogP contribution in [0.25, 0.3) is 22.5 Å². The average molecular weight is 605 g/mol. The molecule has 1 fully saturated rings. The van der Waals surface area contributed by atoms with Crippen LogP contribution >= 0.6 is 11.3 Å². The fourth-order valence-corrected chi connectivity index (χ4v) is 7.93. The van der Waals surface area contributed by atoms with Gasteiger partial charge in [0.25, 0.3) is 10.0 Å². The Hall–Kier alpha value is -3.89. The van der Waals surface area contributed by atoms with Gasteiger partial charge in [-0.1, -0.05) is 68.4 Å². The number of ether oxygens (including phenoxy) is 1. The van der Waals surface area contributed by atoms with E-state index in [0.717, 1.165) is 52.7 Å². The van der Waals surface area contributed by atoms with E-state index in [4.69, 9.17) is 4.74 Å². The normalized spacial score (nSPS) is 12.8. The first-order chi connectivity index (χ1) is 20.2. The van der Waals surface area contributed by atoms with E-state index in [1.165, 1.54) is 18.4 Å². The van der Waals surface area contributed by atoms with Gasteiger partial charge < -0.3 is 14.6 Å². The summed E-state index contributed by atoms with van der Waals surface area (Å²) in [4.78, 5) is 17.7. The highest BCUT2D eigenvalue weighted by Crippen LogP contribution is 2.38. The fourth-order valence-electron chi connectivity index (χ4n) is 4.88. The van der Waals surface area contributed by atoms with Crippen LogP contribution in [0, 0.1) is 5.92 Å². The Kier molecular flexibility index (Phi) is 8.84. The summed E-state index contributed by atoms with van der Waals surface area (Å²) in [6, 6.07) is 19.5. The molecule has 5 rings (SSSR count). The zero-order valence-corrected chi connectivity index (χ0v) is 25.9. The van der Waals surface area contributed by atoms with Gasteiger partial charge in [-0.15, -0.1) is 11.3 Å². The number of hydrogen-bond donors (Lipinski definition) is 2. The molecule has 10 heteroatoms. The molecule has 0 unspecified atom stereocenters. The van der Waals surface area contributed by atoms with Gasteiger partial charge in [0.1, 0.15) is 21.5 Å². The number of nitrogens with zero attached hydrogens (tertiary/aromatic N) is 2. The molecule has 1 saturated carbocycles. The predicted molar refractivity (Wildman–Crippen MR) is 167 cm³/mol. The van der Waals surface area contributed by atoms with Crippen LogP contribution in [-0.2, 0) is 23.0 Å². The molecule has 2 N–H and O–H groups in total. The summed E-state index contributed by atoms with van der Waals surface area (Å²) in [5, 5.41) is 3.18. The number of imidazole rings is 1. The number of aldehydes is 1.